The summed E-state index contributed by atoms with van der Waals surface area (Å²) >= 11 is 3.51. The topological polar surface area (TPSA) is 50.7 Å². The second kappa shape index (κ2) is 7.12. The fourth-order valence-electron chi connectivity index (χ4n) is 1.62. The van der Waals surface area contributed by atoms with E-state index in [2.05, 4.69) is 21.2 Å². The smallest absolute Gasteiger partial charge is 0.161 e. The molecule has 108 valence electrons. The van der Waals surface area contributed by atoms with Gasteiger partial charge in [0.2, 0.25) is 0 Å². The maximum Gasteiger partial charge on any atom is 0.161 e. The zero-order chi connectivity index (χ0) is 14.5. The normalized spacial score (nSPS) is 14.0. The summed E-state index contributed by atoms with van der Waals surface area (Å²) < 4.78 is 11.5. The highest BCUT2D eigenvalue weighted by molar-refractivity contribution is 9.10. The Bertz CT molecular complexity index is 421. The highest BCUT2D eigenvalue weighted by Gasteiger charge is 2.17. The third-order valence-corrected chi connectivity index (χ3v) is 3.87. The van der Waals surface area contributed by atoms with Gasteiger partial charge in [0.05, 0.1) is 19.8 Å². The van der Waals surface area contributed by atoms with E-state index in [1.54, 1.807) is 14.2 Å². The third kappa shape index (κ3) is 4.67. The first-order valence-corrected chi connectivity index (χ1v) is 7.06. The van der Waals surface area contributed by atoms with Crippen molar-refractivity contribution in [3.63, 3.8) is 0 Å². The van der Waals surface area contributed by atoms with Gasteiger partial charge < -0.3 is 19.9 Å². The van der Waals surface area contributed by atoms with Crippen molar-refractivity contribution >= 4 is 15.9 Å². The molecule has 1 rings (SSSR count). The van der Waals surface area contributed by atoms with Crippen molar-refractivity contribution in [3.8, 4) is 11.5 Å². The van der Waals surface area contributed by atoms with E-state index < -0.39 is 5.60 Å². The number of methoxy groups -OCH3 is 2. The van der Waals surface area contributed by atoms with E-state index in [1.807, 2.05) is 26.0 Å². The highest BCUT2D eigenvalue weighted by atomic mass is 79.9. The van der Waals surface area contributed by atoms with Gasteiger partial charge in [0.15, 0.2) is 11.5 Å². The zero-order valence-corrected chi connectivity index (χ0v) is 13.5. The second-order valence-electron chi connectivity index (χ2n) is 4.75. The zero-order valence-electron chi connectivity index (χ0n) is 11.9. The first-order chi connectivity index (χ1) is 8.93. The molecule has 19 heavy (non-hydrogen) atoms. The average Bonchev–Trinajstić information content (AvgIpc) is 2.40. The number of halogens is 1. The monoisotopic (exact) mass is 331 g/mol. The number of hydrogen-bond donors (Lipinski definition) is 2. The van der Waals surface area contributed by atoms with Gasteiger partial charge in [-0.15, -0.1) is 0 Å². The van der Waals surface area contributed by atoms with Crippen molar-refractivity contribution < 1.29 is 14.6 Å². The molecule has 4 nitrogen and oxygen atoms in total. The van der Waals surface area contributed by atoms with E-state index in [4.69, 9.17) is 9.47 Å². The van der Waals surface area contributed by atoms with E-state index in [9.17, 15) is 5.11 Å². The van der Waals surface area contributed by atoms with Crippen molar-refractivity contribution in [2.75, 3.05) is 20.8 Å². The Balaban J connectivity index is 2.73. The Morgan fingerprint density at radius 3 is 2.37 bits per heavy atom. The molecule has 0 radical (unpaired) electrons. The summed E-state index contributed by atoms with van der Waals surface area (Å²) in [7, 11) is 3.23. The van der Waals surface area contributed by atoms with Crippen molar-refractivity contribution in [2.45, 2.75) is 32.4 Å². The van der Waals surface area contributed by atoms with Crippen LogP contribution in [0.5, 0.6) is 11.5 Å². The largest absolute Gasteiger partial charge is 0.493 e. The van der Waals surface area contributed by atoms with Crippen LogP contribution in [0.1, 0.15) is 25.8 Å². The van der Waals surface area contributed by atoms with E-state index in [-0.39, 0.29) is 0 Å². The minimum absolute atomic E-state index is 0.546. The van der Waals surface area contributed by atoms with Crippen molar-refractivity contribution in [2.24, 2.45) is 0 Å². The van der Waals surface area contributed by atoms with Crippen molar-refractivity contribution in [3.05, 3.63) is 22.2 Å². The Kier molecular flexibility index (Phi) is 6.10. The Labute approximate surface area is 123 Å². The van der Waals surface area contributed by atoms with Gasteiger partial charge in [-0.2, -0.15) is 0 Å². The predicted octanol–water partition coefficient (Wildman–Crippen LogP) is 2.72. The van der Waals surface area contributed by atoms with Gasteiger partial charge in [-0.25, -0.2) is 0 Å². The molecular formula is C14H22BrNO3. The van der Waals surface area contributed by atoms with E-state index in [0.717, 1.165) is 10.0 Å². The quantitative estimate of drug-likeness (QED) is 0.806. The summed E-state index contributed by atoms with van der Waals surface area (Å²) in [5.41, 5.74) is 0.382. The van der Waals surface area contributed by atoms with Crippen LogP contribution in [0.2, 0.25) is 0 Å². The molecule has 0 bridgehead atoms. The molecule has 1 atom stereocenters. The van der Waals surface area contributed by atoms with Gasteiger partial charge in [0, 0.05) is 17.6 Å². The molecule has 0 saturated heterocycles. The van der Waals surface area contributed by atoms with Crippen LogP contribution >= 0.6 is 15.9 Å². The SMILES string of the molecule is CCC(C)(O)CNCc1cc(OC)c(OC)cc1Br. The summed E-state index contributed by atoms with van der Waals surface area (Å²) in [5.74, 6) is 1.39. The van der Waals surface area contributed by atoms with Crippen molar-refractivity contribution in [1.29, 1.82) is 0 Å². The fourth-order valence-corrected chi connectivity index (χ4v) is 2.09. The standard InChI is InChI=1S/C14H22BrNO3/c1-5-14(2,17)9-16-8-10-6-12(18-3)13(19-4)7-11(10)15/h6-7,16-17H,5,8-9H2,1-4H3. The third-order valence-electron chi connectivity index (χ3n) is 3.14. The number of aliphatic hydroxyl groups is 1. The first-order valence-electron chi connectivity index (χ1n) is 6.27. The number of ether oxygens (including phenoxy) is 2. The lowest BCUT2D eigenvalue weighted by Crippen LogP contribution is -2.36. The van der Waals surface area contributed by atoms with Crippen LogP contribution in [-0.2, 0) is 6.54 Å². The molecule has 0 amide bonds. The molecule has 2 N–H and O–H groups in total. The molecule has 0 fully saturated rings. The molecule has 0 spiro atoms. The fraction of sp³-hybridized carbons (Fsp3) is 0.571. The van der Waals surface area contributed by atoms with Gasteiger partial charge in [-0.3, -0.25) is 0 Å². The van der Waals surface area contributed by atoms with Crippen LogP contribution in [0.15, 0.2) is 16.6 Å². The lowest BCUT2D eigenvalue weighted by Gasteiger charge is -2.22. The van der Waals surface area contributed by atoms with Gasteiger partial charge in [-0.05, 0) is 31.0 Å². The van der Waals surface area contributed by atoms with E-state index in [1.165, 1.54) is 0 Å². The molecule has 0 aromatic heterocycles. The van der Waals surface area contributed by atoms with E-state index in [0.29, 0.717) is 31.0 Å². The van der Waals surface area contributed by atoms with Crippen LogP contribution in [-0.4, -0.2) is 31.5 Å². The minimum Gasteiger partial charge on any atom is -0.493 e. The Morgan fingerprint density at radius 2 is 1.84 bits per heavy atom. The summed E-state index contributed by atoms with van der Waals surface area (Å²) in [6.07, 6.45) is 0.715. The molecule has 1 aromatic rings. The predicted molar refractivity (Wildman–Crippen MR) is 79.9 cm³/mol. The molecule has 0 aliphatic carbocycles. The van der Waals surface area contributed by atoms with Crippen molar-refractivity contribution in [1.82, 2.24) is 5.32 Å². The lowest BCUT2D eigenvalue weighted by molar-refractivity contribution is 0.0555. The number of benzene rings is 1. The van der Waals surface area contributed by atoms with Crippen LogP contribution in [0, 0.1) is 0 Å². The number of nitrogens with one attached hydrogen (secondary N) is 1. The molecule has 1 aromatic carbocycles. The molecule has 1 unspecified atom stereocenters. The second-order valence-corrected chi connectivity index (χ2v) is 5.61. The van der Waals surface area contributed by atoms with Crippen LogP contribution in [0.4, 0.5) is 0 Å². The van der Waals surface area contributed by atoms with E-state index >= 15 is 0 Å². The maximum atomic E-state index is 9.93. The van der Waals surface area contributed by atoms with Gasteiger partial charge in [0.25, 0.3) is 0 Å². The van der Waals surface area contributed by atoms with Crippen LogP contribution in [0.3, 0.4) is 0 Å². The van der Waals surface area contributed by atoms with Gasteiger partial charge in [-0.1, -0.05) is 22.9 Å². The molecular weight excluding hydrogens is 310 g/mol. The Morgan fingerprint density at radius 1 is 1.26 bits per heavy atom. The summed E-state index contributed by atoms with van der Waals surface area (Å²) in [5, 5.41) is 13.2. The molecule has 0 heterocycles. The first kappa shape index (κ1) is 16.3. The van der Waals surface area contributed by atoms with Gasteiger partial charge in [0.1, 0.15) is 0 Å². The number of rotatable bonds is 7. The number of hydrogen-bond acceptors (Lipinski definition) is 4. The summed E-state index contributed by atoms with van der Waals surface area (Å²) in [6.45, 7) is 4.99. The Hall–Kier alpha value is -0.780. The van der Waals surface area contributed by atoms with Crippen LogP contribution < -0.4 is 14.8 Å². The summed E-state index contributed by atoms with van der Waals surface area (Å²) in [6, 6.07) is 3.81. The van der Waals surface area contributed by atoms with Gasteiger partial charge >= 0.3 is 0 Å². The highest BCUT2D eigenvalue weighted by Crippen LogP contribution is 2.33. The average molecular weight is 332 g/mol. The lowest BCUT2D eigenvalue weighted by atomic mass is 10.0. The summed E-state index contributed by atoms with van der Waals surface area (Å²) in [4.78, 5) is 0. The minimum atomic E-state index is -0.678. The molecule has 5 heteroatoms. The molecule has 0 aliphatic rings. The molecule has 0 aliphatic heterocycles. The maximum absolute atomic E-state index is 9.93. The molecule has 0 saturated carbocycles. The van der Waals surface area contributed by atoms with Crippen LogP contribution in [0.25, 0.3) is 0 Å².